The highest BCUT2D eigenvalue weighted by molar-refractivity contribution is 5.81. The van der Waals surface area contributed by atoms with E-state index in [0.29, 0.717) is 6.54 Å². The number of fused-ring (bicyclic) bond motifs is 3. The van der Waals surface area contributed by atoms with Gasteiger partial charge in [-0.25, -0.2) is 4.68 Å². The van der Waals surface area contributed by atoms with Crippen molar-refractivity contribution in [3.8, 4) is 11.4 Å². The lowest BCUT2D eigenvalue weighted by atomic mass is 9.99. The summed E-state index contributed by atoms with van der Waals surface area (Å²) in [5.41, 5.74) is 3.89. The highest BCUT2D eigenvalue weighted by Gasteiger charge is 2.23. The number of carbonyl (C=O) groups excluding carboxylic acids is 1. The minimum Gasteiger partial charge on any atom is -0.298 e. The van der Waals surface area contributed by atoms with Gasteiger partial charge < -0.3 is 0 Å². The van der Waals surface area contributed by atoms with E-state index in [0.717, 1.165) is 34.4 Å². The van der Waals surface area contributed by atoms with Gasteiger partial charge in [-0.1, -0.05) is 12.1 Å². The van der Waals surface area contributed by atoms with Gasteiger partial charge in [0.1, 0.15) is 6.29 Å². The Hall–Kier alpha value is -2.04. The van der Waals surface area contributed by atoms with E-state index in [2.05, 4.69) is 15.5 Å². The monoisotopic (exact) mass is 200 g/mol. The van der Waals surface area contributed by atoms with Crippen molar-refractivity contribution in [2.24, 2.45) is 0 Å². The summed E-state index contributed by atoms with van der Waals surface area (Å²) >= 11 is 0. The number of hydrogen-bond acceptors (Lipinski definition) is 4. The lowest BCUT2D eigenvalue weighted by molar-refractivity contribution is 0.112. The van der Waals surface area contributed by atoms with Gasteiger partial charge >= 0.3 is 0 Å². The lowest BCUT2D eigenvalue weighted by Gasteiger charge is -2.04. The number of aldehydes is 1. The van der Waals surface area contributed by atoms with Crippen molar-refractivity contribution in [2.75, 3.05) is 0 Å². The number of carbonyl (C=O) groups is 1. The van der Waals surface area contributed by atoms with Gasteiger partial charge in [0.15, 0.2) is 5.82 Å². The van der Waals surface area contributed by atoms with Crippen LogP contribution in [0, 0.1) is 6.92 Å². The van der Waals surface area contributed by atoms with Crippen LogP contribution in [0.3, 0.4) is 0 Å². The second kappa shape index (κ2) is 2.73. The zero-order chi connectivity index (χ0) is 10.4. The maximum absolute atomic E-state index is 10.8. The standard InChI is InChI=1S/C10H8N4O/c1-6-7(5-15)2-3-8-9(6)4-14-10(8)11-12-13-14/h2-3,5H,4H2,1H3. The number of hydrogen-bond donors (Lipinski definition) is 0. The van der Waals surface area contributed by atoms with Crippen LogP contribution in [0.2, 0.25) is 0 Å². The summed E-state index contributed by atoms with van der Waals surface area (Å²) in [5, 5.41) is 11.4. The molecule has 1 aliphatic heterocycles. The molecule has 0 radical (unpaired) electrons. The summed E-state index contributed by atoms with van der Waals surface area (Å²) in [6.45, 7) is 2.60. The van der Waals surface area contributed by atoms with Gasteiger partial charge in [0.05, 0.1) is 6.54 Å². The second-order valence-electron chi connectivity index (χ2n) is 3.58. The number of rotatable bonds is 1. The molecule has 1 aromatic heterocycles. The largest absolute Gasteiger partial charge is 0.298 e. The van der Waals surface area contributed by atoms with Gasteiger partial charge in [-0.15, -0.1) is 5.10 Å². The number of nitrogens with zero attached hydrogens (tertiary/aromatic N) is 4. The molecule has 1 aromatic carbocycles. The van der Waals surface area contributed by atoms with Gasteiger partial charge in [-0.3, -0.25) is 4.79 Å². The Balaban J connectivity index is 2.29. The van der Waals surface area contributed by atoms with Crippen molar-refractivity contribution in [2.45, 2.75) is 13.5 Å². The molecule has 2 heterocycles. The van der Waals surface area contributed by atoms with E-state index in [1.54, 1.807) is 4.68 Å². The molecule has 1 aliphatic rings. The Bertz CT molecular complexity index is 559. The van der Waals surface area contributed by atoms with E-state index in [-0.39, 0.29) is 0 Å². The predicted octanol–water partition coefficient (Wildman–Crippen LogP) is 0.823. The summed E-state index contributed by atoms with van der Waals surface area (Å²) in [6.07, 6.45) is 0.877. The highest BCUT2D eigenvalue weighted by Crippen LogP contribution is 2.31. The molecule has 2 aromatic rings. The van der Waals surface area contributed by atoms with Crippen LogP contribution in [0.5, 0.6) is 0 Å². The third-order valence-corrected chi connectivity index (χ3v) is 2.85. The minimum absolute atomic E-state index is 0.658. The van der Waals surface area contributed by atoms with Crippen molar-refractivity contribution < 1.29 is 4.79 Å². The SMILES string of the molecule is Cc1c(C=O)ccc2c1Cn1nnnc1-2. The maximum Gasteiger partial charge on any atom is 0.182 e. The average Bonchev–Trinajstić information content (AvgIpc) is 2.79. The van der Waals surface area contributed by atoms with E-state index in [1.165, 1.54) is 0 Å². The number of benzene rings is 1. The highest BCUT2D eigenvalue weighted by atomic mass is 16.1. The van der Waals surface area contributed by atoms with Crippen LogP contribution in [0.1, 0.15) is 21.5 Å². The Kier molecular flexibility index (Phi) is 1.50. The molecule has 0 fully saturated rings. The van der Waals surface area contributed by atoms with Gasteiger partial charge in [-0.05, 0) is 28.5 Å². The smallest absolute Gasteiger partial charge is 0.182 e. The molecule has 3 rings (SSSR count). The van der Waals surface area contributed by atoms with Crippen molar-refractivity contribution in [3.63, 3.8) is 0 Å². The van der Waals surface area contributed by atoms with Crippen molar-refractivity contribution >= 4 is 6.29 Å². The van der Waals surface area contributed by atoms with E-state index in [1.807, 2.05) is 19.1 Å². The molecule has 0 atom stereocenters. The Morgan fingerprint density at radius 3 is 3.13 bits per heavy atom. The van der Waals surface area contributed by atoms with Gasteiger partial charge in [0.25, 0.3) is 0 Å². The molecule has 5 nitrogen and oxygen atoms in total. The molecule has 0 saturated carbocycles. The molecule has 5 heteroatoms. The molecule has 15 heavy (non-hydrogen) atoms. The fourth-order valence-electron chi connectivity index (χ4n) is 1.97. The van der Waals surface area contributed by atoms with Crippen LogP contribution >= 0.6 is 0 Å². The average molecular weight is 200 g/mol. The van der Waals surface area contributed by atoms with Crippen LogP contribution in [0.25, 0.3) is 11.4 Å². The maximum atomic E-state index is 10.8. The Morgan fingerprint density at radius 1 is 1.47 bits per heavy atom. The first-order valence-corrected chi connectivity index (χ1v) is 4.65. The van der Waals surface area contributed by atoms with Gasteiger partial charge in [0, 0.05) is 11.1 Å². The van der Waals surface area contributed by atoms with Crippen LogP contribution in [-0.2, 0) is 6.54 Å². The molecule has 74 valence electrons. The molecule has 0 N–H and O–H groups in total. The molecule has 0 spiro atoms. The van der Waals surface area contributed by atoms with Crippen LogP contribution in [0.15, 0.2) is 12.1 Å². The normalized spacial score (nSPS) is 12.3. The first-order chi connectivity index (χ1) is 7.31. The molecule has 0 amide bonds. The third kappa shape index (κ3) is 0.971. The first-order valence-electron chi connectivity index (χ1n) is 4.65. The fraction of sp³-hybridized carbons (Fsp3) is 0.200. The van der Waals surface area contributed by atoms with Crippen molar-refractivity contribution in [1.29, 1.82) is 0 Å². The molecule has 0 saturated heterocycles. The van der Waals surface area contributed by atoms with E-state index >= 15 is 0 Å². The predicted molar refractivity (Wildman–Crippen MR) is 52.5 cm³/mol. The number of aromatic nitrogens is 4. The topological polar surface area (TPSA) is 60.7 Å². The summed E-state index contributed by atoms with van der Waals surface area (Å²) in [5.74, 6) is 0.783. The van der Waals surface area contributed by atoms with E-state index in [9.17, 15) is 4.79 Å². The molecular weight excluding hydrogens is 192 g/mol. The minimum atomic E-state index is 0.658. The van der Waals surface area contributed by atoms with Crippen molar-refractivity contribution in [1.82, 2.24) is 20.2 Å². The van der Waals surface area contributed by atoms with E-state index in [4.69, 9.17) is 0 Å². The van der Waals surface area contributed by atoms with E-state index < -0.39 is 0 Å². The van der Waals surface area contributed by atoms with Gasteiger partial charge in [-0.2, -0.15) is 0 Å². The van der Waals surface area contributed by atoms with Crippen molar-refractivity contribution in [3.05, 3.63) is 28.8 Å². The lowest BCUT2D eigenvalue weighted by Crippen LogP contribution is -1.98. The van der Waals surface area contributed by atoms with Crippen LogP contribution < -0.4 is 0 Å². The molecule has 0 unspecified atom stereocenters. The molecular formula is C10H8N4O. The van der Waals surface area contributed by atoms with Gasteiger partial charge in [0.2, 0.25) is 0 Å². The first kappa shape index (κ1) is 8.28. The molecule has 0 aliphatic carbocycles. The summed E-state index contributed by atoms with van der Waals surface area (Å²) in [6, 6.07) is 3.72. The Morgan fingerprint density at radius 2 is 2.33 bits per heavy atom. The fourth-order valence-corrected chi connectivity index (χ4v) is 1.97. The quantitative estimate of drug-likeness (QED) is 0.546. The summed E-state index contributed by atoms with van der Waals surface area (Å²) in [7, 11) is 0. The summed E-state index contributed by atoms with van der Waals surface area (Å²) in [4.78, 5) is 10.8. The number of tetrazole rings is 1. The molecule has 0 bridgehead atoms. The summed E-state index contributed by atoms with van der Waals surface area (Å²) < 4.78 is 1.74. The third-order valence-electron chi connectivity index (χ3n) is 2.85. The van der Waals surface area contributed by atoms with Crippen LogP contribution in [0.4, 0.5) is 0 Å². The zero-order valence-electron chi connectivity index (χ0n) is 8.14. The zero-order valence-corrected chi connectivity index (χ0v) is 8.14. The Labute approximate surface area is 85.7 Å². The van der Waals surface area contributed by atoms with Crippen LogP contribution in [-0.4, -0.2) is 26.5 Å². The second-order valence-corrected chi connectivity index (χ2v) is 3.58.